The van der Waals surface area contributed by atoms with Gasteiger partial charge in [-0.3, -0.25) is 0 Å². The number of rotatable bonds is 5. The standard InChI is InChI=1S/C11H15N3OS/c1-14-9(7-13-11(14)16-2)6-12-8-10-4-3-5-15-10/h3-5,7,12H,6,8H2,1-2H3. The van der Waals surface area contributed by atoms with Gasteiger partial charge < -0.3 is 14.3 Å². The van der Waals surface area contributed by atoms with E-state index in [2.05, 4.69) is 14.9 Å². The van der Waals surface area contributed by atoms with Gasteiger partial charge in [0.05, 0.1) is 24.7 Å². The van der Waals surface area contributed by atoms with E-state index in [1.54, 1.807) is 18.0 Å². The Kier molecular flexibility index (Phi) is 3.69. The number of aromatic nitrogens is 2. The van der Waals surface area contributed by atoms with Gasteiger partial charge in [-0.2, -0.15) is 0 Å². The average Bonchev–Trinajstić information content (AvgIpc) is 2.90. The number of nitrogens with one attached hydrogen (secondary N) is 1. The molecular formula is C11H15N3OS. The molecule has 0 bridgehead atoms. The molecule has 0 radical (unpaired) electrons. The Morgan fingerprint density at radius 1 is 1.50 bits per heavy atom. The van der Waals surface area contributed by atoms with E-state index in [1.165, 1.54) is 5.69 Å². The van der Waals surface area contributed by atoms with E-state index in [1.807, 2.05) is 31.6 Å². The van der Waals surface area contributed by atoms with Crippen molar-refractivity contribution in [3.05, 3.63) is 36.0 Å². The molecule has 0 spiro atoms. The topological polar surface area (TPSA) is 43.0 Å². The van der Waals surface area contributed by atoms with Crippen molar-refractivity contribution in [3.8, 4) is 0 Å². The third-order valence-corrected chi connectivity index (χ3v) is 3.15. The molecule has 0 aliphatic rings. The number of furan rings is 1. The van der Waals surface area contributed by atoms with E-state index >= 15 is 0 Å². The molecule has 0 unspecified atom stereocenters. The number of nitrogens with zero attached hydrogens (tertiary/aromatic N) is 2. The van der Waals surface area contributed by atoms with E-state index in [4.69, 9.17) is 4.42 Å². The highest BCUT2D eigenvalue weighted by molar-refractivity contribution is 7.98. The Hall–Kier alpha value is -1.20. The molecule has 16 heavy (non-hydrogen) atoms. The summed E-state index contributed by atoms with van der Waals surface area (Å²) >= 11 is 1.65. The van der Waals surface area contributed by atoms with E-state index < -0.39 is 0 Å². The van der Waals surface area contributed by atoms with Crippen LogP contribution in [0, 0.1) is 0 Å². The van der Waals surface area contributed by atoms with Crippen molar-refractivity contribution in [2.45, 2.75) is 18.2 Å². The van der Waals surface area contributed by atoms with E-state index in [9.17, 15) is 0 Å². The lowest BCUT2D eigenvalue weighted by molar-refractivity contribution is 0.479. The second kappa shape index (κ2) is 5.23. The van der Waals surface area contributed by atoms with Crippen LogP contribution >= 0.6 is 11.8 Å². The second-order valence-corrected chi connectivity index (χ2v) is 4.25. The maximum atomic E-state index is 5.24. The molecule has 0 saturated heterocycles. The first-order valence-electron chi connectivity index (χ1n) is 5.09. The third kappa shape index (κ3) is 2.48. The van der Waals surface area contributed by atoms with Crippen LogP contribution in [-0.4, -0.2) is 15.8 Å². The zero-order chi connectivity index (χ0) is 11.4. The Morgan fingerprint density at radius 3 is 3.00 bits per heavy atom. The second-order valence-electron chi connectivity index (χ2n) is 3.48. The van der Waals surface area contributed by atoms with Crippen LogP contribution in [0.25, 0.3) is 0 Å². The summed E-state index contributed by atoms with van der Waals surface area (Å²) in [5.74, 6) is 0.951. The Balaban J connectivity index is 1.87. The van der Waals surface area contributed by atoms with Crippen LogP contribution in [0.4, 0.5) is 0 Å². The monoisotopic (exact) mass is 237 g/mol. The zero-order valence-electron chi connectivity index (χ0n) is 9.43. The molecule has 0 atom stereocenters. The minimum Gasteiger partial charge on any atom is -0.468 e. The van der Waals surface area contributed by atoms with E-state index in [-0.39, 0.29) is 0 Å². The lowest BCUT2D eigenvalue weighted by Gasteiger charge is -2.05. The summed E-state index contributed by atoms with van der Waals surface area (Å²) in [4.78, 5) is 4.31. The summed E-state index contributed by atoms with van der Waals surface area (Å²) in [6.07, 6.45) is 5.62. The maximum Gasteiger partial charge on any atom is 0.167 e. The van der Waals surface area contributed by atoms with Gasteiger partial charge in [-0.05, 0) is 18.4 Å². The van der Waals surface area contributed by atoms with E-state index in [0.29, 0.717) is 0 Å². The predicted molar refractivity (Wildman–Crippen MR) is 64.2 cm³/mol. The van der Waals surface area contributed by atoms with Gasteiger partial charge in [0.15, 0.2) is 5.16 Å². The van der Waals surface area contributed by atoms with Crippen LogP contribution in [0.3, 0.4) is 0 Å². The molecule has 0 fully saturated rings. The molecule has 0 aliphatic heterocycles. The maximum absolute atomic E-state index is 5.24. The molecule has 2 heterocycles. The predicted octanol–water partition coefficient (Wildman–Crippen LogP) is 2.02. The van der Waals surface area contributed by atoms with Crippen LogP contribution in [0.1, 0.15) is 11.5 Å². The van der Waals surface area contributed by atoms with Gasteiger partial charge in [0.25, 0.3) is 0 Å². The van der Waals surface area contributed by atoms with Gasteiger partial charge in [-0.25, -0.2) is 4.98 Å². The summed E-state index contributed by atoms with van der Waals surface area (Å²) in [5, 5.41) is 4.36. The first-order chi connectivity index (χ1) is 7.81. The van der Waals surface area contributed by atoms with Crippen LogP contribution in [0.15, 0.2) is 34.2 Å². The van der Waals surface area contributed by atoms with Crippen LogP contribution < -0.4 is 5.32 Å². The van der Waals surface area contributed by atoms with Gasteiger partial charge in [-0.15, -0.1) is 0 Å². The van der Waals surface area contributed by atoms with Gasteiger partial charge in [0.1, 0.15) is 5.76 Å². The molecule has 5 heteroatoms. The Labute approximate surface area is 99.1 Å². The number of imidazole rings is 1. The summed E-state index contributed by atoms with van der Waals surface area (Å²) in [7, 11) is 2.03. The molecular weight excluding hydrogens is 222 g/mol. The number of hydrogen-bond donors (Lipinski definition) is 1. The SMILES string of the molecule is CSc1ncc(CNCc2ccco2)n1C. The van der Waals surface area contributed by atoms with Crippen molar-refractivity contribution >= 4 is 11.8 Å². The minimum atomic E-state index is 0.743. The van der Waals surface area contributed by atoms with Crippen molar-refractivity contribution in [1.29, 1.82) is 0 Å². The first kappa shape index (κ1) is 11.3. The molecule has 0 aromatic carbocycles. The Morgan fingerprint density at radius 2 is 2.38 bits per heavy atom. The molecule has 0 aliphatic carbocycles. The molecule has 2 rings (SSSR count). The third-order valence-electron chi connectivity index (χ3n) is 2.41. The van der Waals surface area contributed by atoms with Gasteiger partial charge in [-0.1, -0.05) is 11.8 Å². The van der Waals surface area contributed by atoms with Crippen molar-refractivity contribution in [2.75, 3.05) is 6.26 Å². The van der Waals surface area contributed by atoms with Crippen molar-refractivity contribution in [2.24, 2.45) is 7.05 Å². The van der Waals surface area contributed by atoms with Gasteiger partial charge in [0.2, 0.25) is 0 Å². The first-order valence-corrected chi connectivity index (χ1v) is 6.31. The normalized spacial score (nSPS) is 10.9. The fourth-order valence-electron chi connectivity index (χ4n) is 1.51. The smallest absolute Gasteiger partial charge is 0.167 e. The molecule has 1 N–H and O–H groups in total. The molecule has 0 saturated carbocycles. The Bertz CT molecular complexity index is 436. The summed E-state index contributed by atoms with van der Waals surface area (Å²) < 4.78 is 7.34. The quantitative estimate of drug-likeness (QED) is 0.808. The fourth-order valence-corrected chi connectivity index (χ4v) is 2.06. The number of thioether (sulfide) groups is 1. The molecule has 2 aromatic heterocycles. The highest BCUT2D eigenvalue weighted by Crippen LogP contribution is 2.13. The van der Waals surface area contributed by atoms with Crippen LogP contribution in [0.2, 0.25) is 0 Å². The lowest BCUT2D eigenvalue weighted by Crippen LogP contribution is -2.14. The highest BCUT2D eigenvalue weighted by Gasteiger charge is 2.04. The molecule has 2 aromatic rings. The average molecular weight is 237 g/mol. The summed E-state index contributed by atoms with van der Waals surface area (Å²) in [5.41, 5.74) is 1.18. The minimum absolute atomic E-state index is 0.743. The molecule has 4 nitrogen and oxygen atoms in total. The van der Waals surface area contributed by atoms with Crippen molar-refractivity contribution in [3.63, 3.8) is 0 Å². The van der Waals surface area contributed by atoms with E-state index in [0.717, 1.165) is 24.0 Å². The van der Waals surface area contributed by atoms with Crippen LogP contribution in [0.5, 0.6) is 0 Å². The molecule has 86 valence electrons. The van der Waals surface area contributed by atoms with Crippen LogP contribution in [-0.2, 0) is 20.1 Å². The summed E-state index contributed by atoms with van der Waals surface area (Å²) in [6, 6.07) is 3.86. The zero-order valence-corrected chi connectivity index (χ0v) is 10.3. The van der Waals surface area contributed by atoms with Gasteiger partial charge >= 0.3 is 0 Å². The van der Waals surface area contributed by atoms with Gasteiger partial charge in [0, 0.05) is 13.6 Å². The lowest BCUT2D eigenvalue weighted by atomic mass is 10.4. The van der Waals surface area contributed by atoms with Crippen molar-refractivity contribution in [1.82, 2.24) is 14.9 Å². The fraction of sp³-hybridized carbons (Fsp3) is 0.364. The summed E-state index contributed by atoms with van der Waals surface area (Å²) in [6.45, 7) is 1.54. The number of hydrogen-bond acceptors (Lipinski definition) is 4. The molecule has 0 amide bonds. The van der Waals surface area contributed by atoms with Crippen molar-refractivity contribution < 1.29 is 4.42 Å². The largest absolute Gasteiger partial charge is 0.468 e. The highest BCUT2D eigenvalue weighted by atomic mass is 32.2.